The smallest absolute Gasteiger partial charge is 0.133 e. The van der Waals surface area contributed by atoms with Crippen molar-refractivity contribution in [1.29, 1.82) is 0 Å². The SMILES string of the molecule is CSC(=S)NCc1cc2c([nH]c3ccccc32)c(-c2ccc(F)cc2)n1. The maximum Gasteiger partial charge on any atom is 0.133 e. The molecule has 0 fully saturated rings. The number of thioether (sulfide) groups is 1. The number of benzene rings is 2. The molecule has 0 radical (unpaired) electrons. The second-order valence-corrected chi connectivity index (χ2v) is 7.39. The lowest BCUT2D eigenvalue weighted by Crippen LogP contribution is -2.18. The van der Waals surface area contributed by atoms with E-state index in [0.29, 0.717) is 6.54 Å². The van der Waals surface area contributed by atoms with Crippen LogP contribution in [0.3, 0.4) is 0 Å². The topological polar surface area (TPSA) is 40.7 Å². The standard InChI is InChI=1S/C20H16FN3S2/c1-26-20(25)22-11-14-10-16-15-4-2-3-5-17(15)24-19(16)18(23-14)12-6-8-13(21)9-7-12/h2-10,24H,11H2,1H3,(H,22,25). The Hall–Kier alpha value is -2.44. The predicted molar refractivity (Wildman–Crippen MR) is 112 cm³/mol. The number of fused-ring (bicyclic) bond motifs is 3. The van der Waals surface area contributed by atoms with Gasteiger partial charge in [0.1, 0.15) is 10.1 Å². The number of halogens is 1. The lowest BCUT2D eigenvalue weighted by atomic mass is 10.1. The minimum Gasteiger partial charge on any atom is -0.365 e. The molecule has 0 saturated carbocycles. The van der Waals surface area contributed by atoms with Gasteiger partial charge in [0.25, 0.3) is 0 Å². The van der Waals surface area contributed by atoms with Gasteiger partial charge in [-0.1, -0.05) is 30.4 Å². The molecule has 0 atom stereocenters. The summed E-state index contributed by atoms with van der Waals surface area (Å²) in [6, 6.07) is 16.7. The molecule has 2 aromatic heterocycles. The fourth-order valence-electron chi connectivity index (χ4n) is 3.04. The largest absolute Gasteiger partial charge is 0.365 e. The van der Waals surface area contributed by atoms with E-state index < -0.39 is 0 Å². The molecule has 0 aliphatic heterocycles. The summed E-state index contributed by atoms with van der Waals surface area (Å²) in [6.45, 7) is 0.545. The van der Waals surface area contributed by atoms with Crippen LogP contribution < -0.4 is 5.32 Å². The second-order valence-electron chi connectivity index (χ2n) is 5.91. The lowest BCUT2D eigenvalue weighted by Gasteiger charge is -2.09. The number of aromatic nitrogens is 2. The van der Waals surface area contributed by atoms with Crippen LogP contribution in [-0.2, 0) is 6.54 Å². The van der Waals surface area contributed by atoms with E-state index in [4.69, 9.17) is 17.2 Å². The molecule has 2 N–H and O–H groups in total. The molecule has 0 unspecified atom stereocenters. The van der Waals surface area contributed by atoms with Gasteiger partial charge in [-0.3, -0.25) is 0 Å². The van der Waals surface area contributed by atoms with Crippen molar-refractivity contribution >= 4 is 50.1 Å². The number of rotatable bonds is 3. The van der Waals surface area contributed by atoms with E-state index in [1.54, 1.807) is 12.1 Å². The molecule has 130 valence electrons. The van der Waals surface area contributed by atoms with E-state index in [2.05, 4.69) is 22.4 Å². The van der Waals surface area contributed by atoms with E-state index in [9.17, 15) is 4.39 Å². The van der Waals surface area contributed by atoms with Crippen molar-refractivity contribution < 1.29 is 4.39 Å². The molecule has 4 rings (SSSR count). The Morgan fingerprint density at radius 3 is 2.69 bits per heavy atom. The van der Waals surface area contributed by atoms with Crippen molar-refractivity contribution in [3.8, 4) is 11.3 Å². The van der Waals surface area contributed by atoms with E-state index in [-0.39, 0.29) is 5.82 Å². The van der Waals surface area contributed by atoms with Crippen LogP contribution in [0.1, 0.15) is 5.69 Å². The van der Waals surface area contributed by atoms with Crippen molar-refractivity contribution in [2.75, 3.05) is 6.26 Å². The fourth-order valence-corrected chi connectivity index (χ4v) is 3.33. The molecule has 0 aliphatic carbocycles. The zero-order chi connectivity index (χ0) is 18.1. The first-order valence-corrected chi connectivity index (χ1v) is 9.77. The second kappa shape index (κ2) is 7.05. The van der Waals surface area contributed by atoms with Crippen molar-refractivity contribution in [3.05, 3.63) is 66.1 Å². The van der Waals surface area contributed by atoms with Gasteiger partial charge in [0.15, 0.2) is 0 Å². The number of para-hydroxylation sites is 1. The Balaban J connectivity index is 1.92. The van der Waals surface area contributed by atoms with Crippen molar-refractivity contribution in [3.63, 3.8) is 0 Å². The summed E-state index contributed by atoms with van der Waals surface area (Å²) in [7, 11) is 0. The third kappa shape index (κ3) is 3.18. The average molecular weight is 382 g/mol. The van der Waals surface area contributed by atoms with E-state index >= 15 is 0 Å². The Kier molecular flexibility index (Phi) is 4.61. The number of nitrogens with zero attached hydrogens (tertiary/aromatic N) is 1. The van der Waals surface area contributed by atoms with E-state index in [1.165, 1.54) is 23.9 Å². The number of thiocarbonyl (C=S) groups is 1. The Morgan fingerprint density at radius 2 is 1.92 bits per heavy atom. The van der Waals surface area contributed by atoms with Crippen molar-refractivity contribution in [2.24, 2.45) is 0 Å². The number of hydrogen-bond donors (Lipinski definition) is 2. The number of pyridine rings is 1. The molecule has 0 bridgehead atoms. The molecule has 4 aromatic rings. The summed E-state index contributed by atoms with van der Waals surface area (Å²) < 4.78 is 14.1. The van der Waals surface area contributed by atoms with Gasteiger partial charge in [-0.25, -0.2) is 9.37 Å². The molecular formula is C20H16FN3S2. The summed E-state index contributed by atoms with van der Waals surface area (Å²) >= 11 is 6.73. The summed E-state index contributed by atoms with van der Waals surface area (Å²) in [5.74, 6) is -0.259. The minimum absolute atomic E-state index is 0.259. The molecule has 0 saturated heterocycles. The van der Waals surface area contributed by atoms with Gasteiger partial charge in [0.05, 0.1) is 23.4 Å². The van der Waals surface area contributed by atoms with Crippen LogP contribution in [0.15, 0.2) is 54.6 Å². The number of aromatic amines is 1. The maximum atomic E-state index is 13.4. The summed E-state index contributed by atoms with van der Waals surface area (Å²) in [6.07, 6.45) is 1.94. The normalized spacial score (nSPS) is 11.2. The van der Waals surface area contributed by atoms with Gasteiger partial charge in [0.2, 0.25) is 0 Å². The third-order valence-electron chi connectivity index (χ3n) is 4.27. The van der Waals surface area contributed by atoms with Gasteiger partial charge in [-0.15, -0.1) is 11.8 Å². The average Bonchev–Trinajstić information content (AvgIpc) is 3.05. The predicted octanol–water partition coefficient (Wildman–Crippen LogP) is 5.26. The highest BCUT2D eigenvalue weighted by Gasteiger charge is 2.13. The zero-order valence-corrected chi connectivity index (χ0v) is 15.7. The zero-order valence-electron chi connectivity index (χ0n) is 14.0. The van der Waals surface area contributed by atoms with Crippen LogP contribution in [0.5, 0.6) is 0 Å². The van der Waals surface area contributed by atoms with Crippen LogP contribution >= 0.6 is 24.0 Å². The molecule has 0 spiro atoms. The molecule has 3 nitrogen and oxygen atoms in total. The summed E-state index contributed by atoms with van der Waals surface area (Å²) in [5.41, 5.74) is 4.58. The number of nitrogens with one attached hydrogen (secondary N) is 2. The summed E-state index contributed by atoms with van der Waals surface area (Å²) in [4.78, 5) is 8.27. The quantitative estimate of drug-likeness (QED) is 0.475. The Morgan fingerprint density at radius 1 is 1.15 bits per heavy atom. The van der Waals surface area contributed by atoms with Crippen molar-refractivity contribution in [2.45, 2.75) is 6.54 Å². The maximum absolute atomic E-state index is 13.4. The van der Waals surface area contributed by atoms with Crippen LogP contribution in [-0.4, -0.2) is 20.5 Å². The minimum atomic E-state index is -0.259. The molecule has 2 aromatic carbocycles. The van der Waals surface area contributed by atoms with E-state index in [0.717, 1.165) is 43.1 Å². The van der Waals surface area contributed by atoms with E-state index in [1.807, 2.05) is 24.5 Å². The molecule has 2 heterocycles. The first kappa shape index (κ1) is 17.0. The third-order valence-corrected chi connectivity index (χ3v) is 5.43. The highest BCUT2D eigenvalue weighted by atomic mass is 32.2. The lowest BCUT2D eigenvalue weighted by molar-refractivity contribution is 0.628. The van der Waals surface area contributed by atoms with Crippen molar-refractivity contribution in [1.82, 2.24) is 15.3 Å². The van der Waals surface area contributed by atoms with Crippen LogP contribution in [0.4, 0.5) is 4.39 Å². The monoisotopic (exact) mass is 381 g/mol. The number of H-pyrrole nitrogens is 1. The highest BCUT2D eigenvalue weighted by molar-refractivity contribution is 8.22. The van der Waals surface area contributed by atoms with Gasteiger partial charge in [0, 0.05) is 21.9 Å². The first-order chi connectivity index (χ1) is 12.7. The Bertz CT molecular complexity index is 1100. The fraction of sp³-hybridized carbons (Fsp3) is 0.100. The van der Waals surface area contributed by atoms with Crippen LogP contribution in [0.25, 0.3) is 33.1 Å². The highest BCUT2D eigenvalue weighted by Crippen LogP contribution is 2.32. The molecular weight excluding hydrogens is 365 g/mol. The van der Waals surface area contributed by atoms with Gasteiger partial charge < -0.3 is 10.3 Å². The van der Waals surface area contributed by atoms with Gasteiger partial charge in [-0.05, 0) is 42.7 Å². The van der Waals surface area contributed by atoms with Crippen LogP contribution in [0, 0.1) is 5.82 Å². The first-order valence-electron chi connectivity index (χ1n) is 8.14. The molecule has 0 amide bonds. The Labute approximate surface area is 160 Å². The summed E-state index contributed by atoms with van der Waals surface area (Å²) in [5, 5.41) is 5.44. The molecule has 26 heavy (non-hydrogen) atoms. The molecule has 6 heteroatoms. The van der Waals surface area contributed by atoms with Gasteiger partial charge >= 0.3 is 0 Å². The number of hydrogen-bond acceptors (Lipinski definition) is 3. The molecule has 0 aliphatic rings. The van der Waals surface area contributed by atoms with Gasteiger partial charge in [-0.2, -0.15) is 0 Å². The van der Waals surface area contributed by atoms with Crippen LogP contribution in [0.2, 0.25) is 0 Å².